The van der Waals surface area contributed by atoms with Gasteiger partial charge >= 0.3 is 5.97 Å². The van der Waals surface area contributed by atoms with E-state index < -0.39 is 5.97 Å². The first-order valence-electron chi connectivity index (χ1n) is 2.96. The lowest BCUT2D eigenvalue weighted by Gasteiger charge is -1.99. The largest absolute Gasteiger partial charge is 0.480 e. The van der Waals surface area contributed by atoms with E-state index >= 15 is 0 Å². The van der Waals surface area contributed by atoms with Gasteiger partial charge in [0, 0.05) is 6.54 Å². The number of hydrogen-bond acceptors (Lipinski definition) is 3. The molecule has 4 heteroatoms. The van der Waals surface area contributed by atoms with Crippen molar-refractivity contribution in [2.75, 3.05) is 13.1 Å². The SMILES string of the molecule is C/C(=C\N)CNCC(=O)O. The molecule has 0 spiro atoms. The van der Waals surface area contributed by atoms with Crippen LogP contribution in [0.25, 0.3) is 0 Å². The van der Waals surface area contributed by atoms with Gasteiger partial charge in [-0.3, -0.25) is 4.79 Å². The number of aliphatic carboxylic acids is 1. The van der Waals surface area contributed by atoms with Gasteiger partial charge in [-0.15, -0.1) is 0 Å². The maximum Gasteiger partial charge on any atom is 0.317 e. The Kier molecular flexibility index (Phi) is 4.32. The van der Waals surface area contributed by atoms with Crippen LogP contribution in [0.1, 0.15) is 6.92 Å². The van der Waals surface area contributed by atoms with Crippen LogP contribution in [0.5, 0.6) is 0 Å². The van der Waals surface area contributed by atoms with Crippen molar-refractivity contribution in [3.8, 4) is 0 Å². The summed E-state index contributed by atoms with van der Waals surface area (Å²) in [6.07, 6.45) is 1.45. The highest BCUT2D eigenvalue weighted by Crippen LogP contribution is 1.82. The molecular weight excluding hydrogens is 132 g/mol. The predicted molar refractivity (Wildman–Crippen MR) is 38.4 cm³/mol. The van der Waals surface area contributed by atoms with Crippen LogP contribution in [0.15, 0.2) is 11.8 Å². The van der Waals surface area contributed by atoms with Crippen LogP contribution in [0, 0.1) is 0 Å². The second-order valence-electron chi connectivity index (χ2n) is 2.01. The summed E-state index contributed by atoms with van der Waals surface area (Å²) in [6.45, 7) is 2.34. The zero-order valence-corrected chi connectivity index (χ0v) is 5.92. The van der Waals surface area contributed by atoms with Crippen LogP contribution in [0.3, 0.4) is 0 Å². The van der Waals surface area contributed by atoms with E-state index in [2.05, 4.69) is 5.32 Å². The fourth-order valence-corrected chi connectivity index (χ4v) is 0.426. The Morgan fingerprint density at radius 2 is 2.30 bits per heavy atom. The highest BCUT2D eigenvalue weighted by molar-refractivity contribution is 5.69. The van der Waals surface area contributed by atoms with Crippen LogP contribution in [-0.4, -0.2) is 24.2 Å². The van der Waals surface area contributed by atoms with Gasteiger partial charge in [0.1, 0.15) is 0 Å². The molecule has 0 heterocycles. The summed E-state index contributed by atoms with van der Waals surface area (Å²) in [4.78, 5) is 9.96. The molecule has 4 N–H and O–H groups in total. The first-order chi connectivity index (χ1) is 4.66. The lowest BCUT2D eigenvalue weighted by Crippen LogP contribution is -2.24. The predicted octanol–water partition coefficient (Wildman–Crippen LogP) is -0.477. The lowest BCUT2D eigenvalue weighted by molar-refractivity contribution is -0.135. The van der Waals surface area contributed by atoms with Crippen molar-refractivity contribution in [1.29, 1.82) is 0 Å². The normalized spacial score (nSPS) is 11.5. The number of carboxylic acids is 1. The molecule has 10 heavy (non-hydrogen) atoms. The van der Waals surface area contributed by atoms with E-state index in [1.165, 1.54) is 6.20 Å². The van der Waals surface area contributed by atoms with E-state index in [0.717, 1.165) is 5.57 Å². The van der Waals surface area contributed by atoms with Crippen molar-refractivity contribution < 1.29 is 9.90 Å². The minimum absolute atomic E-state index is 0.0226. The zero-order valence-electron chi connectivity index (χ0n) is 5.92. The molecule has 0 unspecified atom stereocenters. The smallest absolute Gasteiger partial charge is 0.317 e. The molecule has 0 saturated heterocycles. The second kappa shape index (κ2) is 4.81. The summed E-state index contributed by atoms with van der Waals surface area (Å²) < 4.78 is 0. The molecule has 4 nitrogen and oxygen atoms in total. The third-order valence-corrected chi connectivity index (χ3v) is 0.965. The van der Waals surface area contributed by atoms with E-state index in [0.29, 0.717) is 6.54 Å². The maximum absolute atomic E-state index is 9.96. The standard InChI is InChI=1S/C6H12N2O2/c1-5(2-7)3-8-4-6(9)10/h2,8H,3-4,7H2,1H3,(H,9,10)/b5-2+. The third kappa shape index (κ3) is 5.11. The molecule has 0 rings (SSSR count). The monoisotopic (exact) mass is 144 g/mol. The first-order valence-corrected chi connectivity index (χ1v) is 2.96. The van der Waals surface area contributed by atoms with Gasteiger partial charge < -0.3 is 16.2 Å². The Bertz CT molecular complexity index is 143. The minimum Gasteiger partial charge on any atom is -0.480 e. The Labute approximate surface area is 59.7 Å². The van der Waals surface area contributed by atoms with Crippen LogP contribution in [0.4, 0.5) is 0 Å². The van der Waals surface area contributed by atoms with Gasteiger partial charge in [0.05, 0.1) is 6.54 Å². The summed E-state index contributed by atoms with van der Waals surface area (Å²) in [5.74, 6) is -0.857. The number of rotatable bonds is 4. The van der Waals surface area contributed by atoms with E-state index in [-0.39, 0.29) is 6.54 Å². The molecule has 0 radical (unpaired) electrons. The molecule has 0 amide bonds. The molecular formula is C6H12N2O2. The molecule has 0 aliphatic rings. The van der Waals surface area contributed by atoms with Crippen LogP contribution in [-0.2, 0) is 4.79 Å². The number of carboxylic acid groups (broad SMARTS) is 1. The van der Waals surface area contributed by atoms with E-state index in [4.69, 9.17) is 10.8 Å². The van der Waals surface area contributed by atoms with Crippen LogP contribution < -0.4 is 11.1 Å². The maximum atomic E-state index is 9.96. The molecule has 58 valence electrons. The fourth-order valence-electron chi connectivity index (χ4n) is 0.426. The van der Waals surface area contributed by atoms with Gasteiger partial charge in [-0.25, -0.2) is 0 Å². The van der Waals surface area contributed by atoms with Gasteiger partial charge in [0.15, 0.2) is 0 Å². The van der Waals surface area contributed by atoms with E-state index in [1.807, 2.05) is 6.92 Å². The van der Waals surface area contributed by atoms with Crippen LogP contribution >= 0.6 is 0 Å². The molecule has 0 aliphatic carbocycles. The quantitative estimate of drug-likeness (QED) is 0.498. The van der Waals surface area contributed by atoms with Crippen molar-refractivity contribution in [1.82, 2.24) is 5.32 Å². The van der Waals surface area contributed by atoms with E-state index in [9.17, 15) is 4.79 Å². The third-order valence-electron chi connectivity index (χ3n) is 0.965. The Balaban J connectivity index is 3.29. The Morgan fingerprint density at radius 1 is 1.70 bits per heavy atom. The topological polar surface area (TPSA) is 75.3 Å². The van der Waals surface area contributed by atoms with Crippen molar-refractivity contribution in [3.63, 3.8) is 0 Å². The van der Waals surface area contributed by atoms with Crippen molar-refractivity contribution in [3.05, 3.63) is 11.8 Å². The summed E-state index contributed by atoms with van der Waals surface area (Å²) in [5.41, 5.74) is 6.07. The molecule has 0 fully saturated rings. The average molecular weight is 144 g/mol. The number of nitrogens with two attached hydrogens (primary N) is 1. The molecule has 0 bridgehead atoms. The number of carbonyl (C=O) groups is 1. The van der Waals surface area contributed by atoms with E-state index in [1.54, 1.807) is 0 Å². The number of nitrogens with one attached hydrogen (secondary N) is 1. The molecule has 0 atom stereocenters. The Morgan fingerprint density at radius 3 is 2.70 bits per heavy atom. The molecule has 0 aromatic rings. The average Bonchev–Trinajstić information content (AvgIpc) is 1.87. The summed E-state index contributed by atoms with van der Waals surface area (Å²) in [6, 6.07) is 0. The van der Waals surface area contributed by atoms with Crippen molar-refractivity contribution in [2.45, 2.75) is 6.92 Å². The first kappa shape index (κ1) is 8.97. The molecule has 0 aromatic carbocycles. The van der Waals surface area contributed by atoms with Gasteiger partial charge in [0.25, 0.3) is 0 Å². The van der Waals surface area contributed by atoms with Crippen molar-refractivity contribution >= 4 is 5.97 Å². The summed E-state index contributed by atoms with van der Waals surface area (Å²) >= 11 is 0. The lowest BCUT2D eigenvalue weighted by atomic mass is 10.3. The highest BCUT2D eigenvalue weighted by Gasteiger charge is 1.93. The van der Waals surface area contributed by atoms with Gasteiger partial charge in [-0.2, -0.15) is 0 Å². The highest BCUT2D eigenvalue weighted by atomic mass is 16.4. The van der Waals surface area contributed by atoms with Crippen LogP contribution in [0.2, 0.25) is 0 Å². The molecule has 0 aliphatic heterocycles. The fraction of sp³-hybridized carbons (Fsp3) is 0.500. The summed E-state index contributed by atoms with van der Waals surface area (Å²) in [5, 5.41) is 10.9. The summed E-state index contributed by atoms with van der Waals surface area (Å²) in [7, 11) is 0. The van der Waals surface area contributed by atoms with Gasteiger partial charge in [0.2, 0.25) is 0 Å². The van der Waals surface area contributed by atoms with Gasteiger partial charge in [-0.1, -0.05) is 0 Å². The molecule has 0 aromatic heterocycles. The van der Waals surface area contributed by atoms with Crippen molar-refractivity contribution in [2.24, 2.45) is 5.73 Å². The Hall–Kier alpha value is -1.03. The second-order valence-corrected chi connectivity index (χ2v) is 2.01. The minimum atomic E-state index is -0.857. The number of hydrogen-bond donors (Lipinski definition) is 3. The molecule has 0 saturated carbocycles. The van der Waals surface area contributed by atoms with Gasteiger partial charge in [-0.05, 0) is 18.7 Å². The zero-order chi connectivity index (χ0) is 7.98.